The molecule has 4 atom stereocenters. The van der Waals surface area contributed by atoms with E-state index in [0.29, 0.717) is 23.7 Å². The fraction of sp³-hybridized carbons (Fsp3) is 0.154. The quantitative estimate of drug-likeness (QED) is 0.341. The molecule has 30 heavy (non-hydrogen) atoms. The summed E-state index contributed by atoms with van der Waals surface area (Å²) in [6.07, 6.45) is 7.53. The van der Waals surface area contributed by atoms with E-state index in [2.05, 4.69) is 58.5 Å². The molecule has 0 aliphatic heterocycles. The van der Waals surface area contributed by atoms with E-state index in [1.165, 1.54) is 22.3 Å². The van der Waals surface area contributed by atoms with E-state index < -0.39 is 0 Å². The number of rotatable bonds is 4. The van der Waals surface area contributed by atoms with Gasteiger partial charge in [-0.3, -0.25) is 9.97 Å². The van der Waals surface area contributed by atoms with Crippen LogP contribution >= 0.6 is 23.2 Å². The SMILES string of the molecule is Clc1ccc([C@@H]2[C@@H](c3ccncc3)[C@@H](c3ccncc3)[C@@H]2c2ccc(Cl)cc2)cc1. The van der Waals surface area contributed by atoms with Crippen molar-refractivity contribution in [2.24, 2.45) is 0 Å². The Hall–Kier alpha value is -2.68. The lowest BCUT2D eigenvalue weighted by Gasteiger charge is -2.53. The minimum Gasteiger partial charge on any atom is -0.265 e. The fourth-order valence-corrected chi connectivity index (χ4v) is 5.20. The van der Waals surface area contributed by atoms with Crippen molar-refractivity contribution in [1.82, 2.24) is 9.97 Å². The lowest BCUT2D eigenvalue weighted by molar-refractivity contribution is 0.228. The highest BCUT2D eigenvalue weighted by molar-refractivity contribution is 6.30. The molecule has 1 aliphatic rings. The minimum atomic E-state index is 0.323. The molecular weight excluding hydrogens is 411 g/mol. The van der Waals surface area contributed by atoms with Gasteiger partial charge in [0.2, 0.25) is 0 Å². The van der Waals surface area contributed by atoms with E-state index >= 15 is 0 Å². The molecule has 1 saturated carbocycles. The van der Waals surface area contributed by atoms with Gasteiger partial charge in [0, 0.05) is 34.8 Å². The average Bonchev–Trinajstić information content (AvgIpc) is 2.77. The molecule has 2 aromatic carbocycles. The minimum absolute atomic E-state index is 0.323. The molecule has 0 N–H and O–H groups in total. The maximum Gasteiger partial charge on any atom is 0.0406 e. The molecule has 0 amide bonds. The summed E-state index contributed by atoms with van der Waals surface area (Å²) in [7, 11) is 0. The number of pyridine rings is 2. The molecule has 2 heterocycles. The Balaban J connectivity index is 1.67. The summed E-state index contributed by atoms with van der Waals surface area (Å²) >= 11 is 12.4. The molecular formula is C26H20Cl2N2. The zero-order chi connectivity index (χ0) is 20.5. The van der Waals surface area contributed by atoms with Gasteiger partial charge in [-0.05, 0) is 94.5 Å². The highest BCUT2D eigenvalue weighted by Crippen LogP contribution is 2.66. The van der Waals surface area contributed by atoms with Crippen molar-refractivity contribution in [2.45, 2.75) is 23.7 Å². The maximum atomic E-state index is 6.20. The summed E-state index contributed by atoms with van der Waals surface area (Å²) in [5.41, 5.74) is 5.20. The zero-order valence-electron chi connectivity index (χ0n) is 16.2. The van der Waals surface area contributed by atoms with Crippen molar-refractivity contribution in [3.05, 3.63) is 130 Å². The summed E-state index contributed by atoms with van der Waals surface area (Å²) < 4.78 is 0. The van der Waals surface area contributed by atoms with Gasteiger partial charge in [0.15, 0.2) is 0 Å². The van der Waals surface area contributed by atoms with Crippen molar-refractivity contribution in [3.8, 4) is 0 Å². The molecule has 4 aromatic rings. The molecule has 2 aromatic heterocycles. The van der Waals surface area contributed by atoms with Crippen LogP contribution in [0.15, 0.2) is 97.6 Å². The zero-order valence-corrected chi connectivity index (χ0v) is 17.7. The second kappa shape index (κ2) is 8.22. The highest BCUT2D eigenvalue weighted by atomic mass is 35.5. The molecule has 1 fully saturated rings. The number of aromatic nitrogens is 2. The maximum absolute atomic E-state index is 6.20. The van der Waals surface area contributed by atoms with Crippen LogP contribution in [0.2, 0.25) is 10.0 Å². The summed E-state index contributed by atoms with van der Waals surface area (Å²) in [5.74, 6) is 1.31. The second-order valence-electron chi connectivity index (χ2n) is 7.77. The third-order valence-electron chi connectivity index (χ3n) is 6.24. The molecule has 5 rings (SSSR count). The van der Waals surface area contributed by atoms with Gasteiger partial charge in [0.05, 0.1) is 0 Å². The van der Waals surface area contributed by atoms with E-state index in [4.69, 9.17) is 23.2 Å². The smallest absolute Gasteiger partial charge is 0.0406 e. The third kappa shape index (κ3) is 3.51. The van der Waals surface area contributed by atoms with E-state index in [1.54, 1.807) is 0 Å². The van der Waals surface area contributed by atoms with Crippen molar-refractivity contribution in [2.75, 3.05) is 0 Å². The van der Waals surface area contributed by atoms with Crippen molar-refractivity contribution >= 4 is 23.2 Å². The number of nitrogens with zero attached hydrogens (tertiary/aromatic N) is 2. The van der Waals surface area contributed by atoms with Crippen LogP contribution in [0.25, 0.3) is 0 Å². The largest absolute Gasteiger partial charge is 0.265 e. The van der Waals surface area contributed by atoms with Gasteiger partial charge in [0.1, 0.15) is 0 Å². The molecule has 0 spiro atoms. The van der Waals surface area contributed by atoms with Crippen LogP contribution in [-0.2, 0) is 0 Å². The van der Waals surface area contributed by atoms with Gasteiger partial charge < -0.3 is 0 Å². The van der Waals surface area contributed by atoms with Gasteiger partial charge in [-0.2, -0.15) is 0 Å². The van der Waals surface area contributed by atoms with Crippen LogP contribution in [0.3, 0.4) is 0 Å². The molecule has 4 heteroatoms. The summed E-state index contributed by atoms with van der Waals surface area (Å²) in [4.78, 5) is 8.48. The molecule has 1 aliphatic carbocycles. The first-order chi connectivity index (χ1) is 14.7. The Kier molecular flexibility index (Phi) is 5.28. The predicted octanol–water partition coefficient (Wildman–Crippen LogP) is 7.23. The van der Waals surface area contributed by atoms with Crippen LogP contribution < -0.4 is 0 Å². The fourth-order valence-electron chi connectivity index (χ4n) is 4.95. The summed E-state index contributed by atoms with van der Waals surface area (Å²) in [5, 5.41) is 1.51. The van der Waals surface area contributed by atoms with Crippen LogP contribution in [0, 0.1) is 0 Å². The monoisotopic (exact) mass is 430 g/mol. The van der Waals surface area contributed by atoms with Crippen LogP contribution in [0.1, 0.15) is 45.9 Å². The van der Waals surface area contributed by atoms with Crippen molar-refractivity contribution < 1.29 is 0 Å². The predicted molar refractivity (Wildman–Crippen MR) is 122 cm³/mol. The normalized spacial score (nSPS) is 23.0. The van der Waals surface area contributed by atoms with Gasteiger partial charge >= 0.3 is 0 Å². The lowest BCUT2D eigenvalue weighted by Crippen LogP contribution is -2.40. The number of hydrogen-bond acceptors (Lipinski definition) is 2. The first-order valence-corrected chi connectivity index (χ1v) is 10.8. The Bertz CT molecular complexity index is 1020. The number of hydrogen-bond donors (Lipinski definition) is 0. The van der Waals surface area contributed by atoms with E-state index in [1.807, 2.05) is 49.1 Å². The van der Waals surface area contributed by atoms with Gasteiger partial charge in [-0.15, -0.1) is 0 Å². The van der Waals surface area contributed by atoms with E-state index in [0.717, 1.165) is 10.0 Å². The van der Waals surface area contributed by atoms with Gasteiger partial charge in [-0.25, -0.2) is 0 Å². The Morgan fingerprint density at radius 2 is 0.667 bits per heavy atom. The Morgan fingerprint density at radius 1 is 0.400 bits per heavy atom. The Morgan fingerprint density at radius 3 is 0.967 bits per heavy atom. The molecule has 0 radical (unpaired) electrons. The molecule has 2 nitrogen and oxygen atoms in total. The third-order valence-corrected chi connectivity index (χ3v) is 6.74. The van der Waals surface area contributed by atoms with E-state index in [-0.39, 0.29) is 0 Å². The van der Waals surface area contributed by atoms with E-state index in [9.17, 15) is 0 Å². The summed E-state index contributed by atoms with van der Waals surface area (Å²) in [6, 6.07) is 25.1. The average molecular weight is 431 g/mol. The number of benzene rings is 2. The lowest BCUT2D eigenvalue weighted by atomic mass is 9.49. The van der Waals surface area contributed by atoms with Crippen molar-refractivity contribution in [3.63, 3.8) is 0 Å². The molecule has 0 saturated heterocycles. The van der Waals surface area contributed by atoms with Gasteiger partial charge in [-0.1, -0.05) is 47.5 Å². The summed E-state index contributed by atoms with van der Waals surface area (Å²) in [6.45, 7) is 0. The first kappa shape index (κ1) is 19.3. The van der Waals surface area contributed by atoms with Crippen LogP contribution in [0.5, 0.6) is 0 Å². The first-order valence-electron chi connectivity index (χ1n) is 10.0. The van der Waals surface area contributed by atoms with Crippen LogP contribution in [0.4, 0.5) is 0 Å². The highest BCUT2D eigenvalue weighted by Gasteiger charge is 2.52. The number of halogens is 2. The topological polar surface area (TPSA) is 25.8 Å². The van der Waals surface area contributed by atoms with Crippen LogP contribution in [-0.4, -0.2) is 9.97 Å². The molecule has 0 bridgehead atoms. The molecule has 0 unspecified atom stereocenters. The Labute approximate surface area is 186 Å². The second-order valence-corrected chi connectivity index (χ2v) is 8.64. The molecule has 148 valence electrons. The van der Waals surface area contributed by atoms with Crippen molar-refractivity contribution in [1.29, 1.82) is 0 Å². The van der Waals surface area contributed by atoms with Gasteiger partial charge in [0.25, 0.3) is 0 Å². The standard InChI is InChI=1S/C26H20Cl2N2/c27-21-5-1-17(2-6-21)23-24(18-3-7-22(28)8-4-18)26(20-11-15-30-16-12-20)25(23)19-9-13-29-14-10-19/h1-16,23-26H/t23-,24+,25+,26-.